The molecule has 0 spiro atoms. The molecule has 0 atom stereocenters. The van der Waals surface area contributed by atoms with E-state index in [9.17, 15) is 9.90 Å². The van der Waals surface area contributed by atoms with E-state index in [1.165, 1.54) is 11.3 Å². The fraction of sp³-hybridized carbons (Fsp3) is 0.375. The van der Waals surface area contributed by atoms with E-state index < -0.39 is 5.97 Å². The Hall–Kier alpha value is -1.80. The van der Waals surface area contributed by atoms with Crippen molar-refractivity contribution < 1.29 is 19.4 Å². The maximum atomic E-state index is 10.6. The number of benzene rings is 1. The van der Waals surface area contributed by atoms with Crippen LogP contribution in [0.25, 0.3) is 0 Å². The van der Waals surface area contributed by atoms with Gasteiger partial charge in [0.25, 0.3) is 0 Å². The summed E-state index contributed by atoms with van der Waals surface area (Å²) in [6.07, 6.45) is 0.734. The highest BCUT2D eigenvalue weighted by Crippen LogP contribution is 2.37. The minimum Gasteiger partial charge on any atom is -0.550 e. The molecule has 0 saturated carbocycles. The molecule has 0 saturated heterocycles. The van der Waals surface area contributed by atoms with Gasteiger partial charge < -0.3 is 24.7 Å². The summed E-state index contributed by atoms with van der Waals surface area (Å²) < 4.78 is 11.9. The van der Waals surface area contributed by atoms with Gasteiger partial charge in [-0.05, 0) is 40.0 Å². The molecule has 0 fully saturated rings. The molecule has 0 amide bonds. The van der Waals surface area contributed by atoms with Gasteiger partial charge >= 0.3 is 0 Å². The number of aromatic nitrogens is 1. The first-order valence-corrected chi connectivity index (χ1v) is 9.08. The Morgan fingerprint density at radius 3 is 2.92 bits per heavy atom. The number of methoxy groups -OCH3 is 1. The Labute approximate surface area is 153 Å². The van der Waals surface area contributed by atoms with Crippen molar-refractivity contribution in [1.82, 2.24) is 4.98 Å². The van der Waals surface area contributed by atoms with Crippen molar-refractivity contribution in [2.45, 2.75) is 26.3 Å². The lowest BCUT2D eigenvalue weighted by Gasteiger charge is -2.14. The fourth-order valence-corrected chi connectivity index (χ4v) is 3.33. The number of carbonyl (C=O) groups is 1. The van der Waals surface area contributed by atoms with Gasteiger partial charge in [-0.25, -0.2) is 4.98 Å². The molecule has 8 heteroatoms. The molecule has 0 unspecified atom stereocenters. The smallest absolute Gasteiger partial charge is 0.183 e. The van der Waals surface area contributed by atoms with Crippen LogP contribution in [0.15, 0.2) is 22.0 Å². The summed E-state index contributed by atoms with van der Waals surface area (Å²) in [5.41, 5.74) is 1.48. The minimum absolute atomic E-state index is 0.180. The summed E-state index contributed by atoms with van der Waals surface area (Å²) in [5.74, 6) is 0.211. The third kappa shape index (κ3) is 5.10. The van der Waals surface area contributed by atoms with Crippen LogP contribution in [0.5, 0.6) is 11.5 Å². The van der Waals surface area contributed by atoms with Crippen molar-refractivity contribution in [2.24, 2.45) is 0 Å². The second-order valence-electron chi connectivity index (χ2n) is 5.00. The van der Waals surface area contributed by atoms with Crippen LogP contribution in [-0.2, 0) is 17.8 Å². The molecule has 24 heavy (non-hydrogen) atoms. The molecule has 0 aliphatic carbocycles. The summed E-state index contributed by atoms with van der Waals surface area (Å²) in [5, 5.41) is 16.1. The molecule has 1 aromatic carbocycles. The van der Waals surface area contributed by atoms with Crippen LogP contribution in [0.1, 0.15) is 24.6 Å². The summed E-state index contributed by atoms with van der Waals surface area (Å²) >= 11 is 4.87. The first kappa shape index (κ1) is 18.5. The predicted molar refractivity (Wildman–Crippen MR) is 94.6 cm³/mol. The van der Waals surface area contributed by atoms with Crippen molar-refractivity contribution in [3.8, 4) is 11.5 Å². The number of hydrogen-bond donors (Lipinski definition) is 1. The quantitative estimate of drug-likeness (QED) is 0.679. The third-order valence-corrected chi connectivity index (χ3v) is 4.50. The molecule has 0 bridgehead atoms. The van der Waals surface area contributed by atoms with Crippen molar-refractivity contribution in [1.29, 1.82) is 0 Å². The van der Waals surface area contributed by atoms with E-state index in [1.54, 1.807) is 12.5 Å². The largest absolute Gasteiger partial charge is 0.550 e. The maximum Gasteiger partial charge on any atom is 0.183 e. The second kappa shape index (κ2) is 8.89. The van der Waals surface area contributed by atoms with Gasteiger partial charge in [0.1, 0.15) is 0 Å². The number of carboxylic acids is 1. The van der Waals surface area contributed by atoms with E-state index in [1.807, 2.05) is 19.1 Å². The average Bonchev–Trinajstić information content (AvgIpc) is 2.98. The van der Waals surface area contributed by atoms with Crippen LogP contribution in [0.2, 0.25) is 0 Å². The molecule has 2 aromatic rings. The highest BCUT2D eigenvalue weighted by atomic mass is 79.9. The number of anilines is 1. The molecular weight excluding hydrogens is 396 g/mol. The first-order valence-electron chi connectivity index (χ1n) is 7.40. The summed E-state index contributed by atoms with van der Waals surface area (Å²) in [6.45, 7) is 3.19. The highest BCUT2D eigenvalue weighted by molar-refractivity contribution is 9.10. The zero-order valence-electron chi connectivity index (χ0n) is 13.4. The Kier molecular flexibility index (Phi) is 6.86. The van der Waals surface area contributed by atoms with Crippen LogP contribution in [0, 0.1) is 0 Å². The Balaban J connectivity index is 2.05. The average molecular weight is 414 g/mol. The number of hydrogen-bond acceptors (Lipinski definition) is 7. The Morgan fingerprint density at radius 2 is 2.25 bits per heavy atom. The van der Waals surface area contributed by atoms with Gasteiger partial charge in [-0.15, -0.1) is 11.3 Å². The van der Waals surface area contributed by atoms with Gasteiger partial charge in [-0.1, -0.05) is 6.92 Å². The number of thiazole rings is 1. The van der Waals surface area contributed by atoms with Gasteiger partial charge in [0.2, 0.25) is 0 Å². The molecular formula is C16H18BrN2O4S-. The van der Waals surface area contributed by atoms with E-state index in [0.717, 1.165) is 16.5 Å². The molecule has 1 heterocycles. The van der Waals surface area contributed by atoms with Crippen molar-refractivity contribution in [3.05, 3.63) is 33.2 Å². The molecule has 130 valence electrons. The molecule has 1 N–H and O–H groups in total. The molecule has 0 radical (unpaired) electrons. The Morgan fingerprint density at radius 1 is 1.46 bits per heavy atom. The summed E-state index contributed by atoms with van der Waals surface area (Å²) in [6, 6.07) is 3.86. The topological polar surface area (TPSA) is 83.5 Å². The van der Waals surface area contributed by atoms with Gasteiger partial charge in [-0.2, -0.15) is 0 Å². The number of halogens is 1. The fourth-order valence-electron chi connectivity index (χ4n) is 2.01. The van der Waals surface area contributed by atoms with E-state index in [2.05, 4.69) is 26.2 Å². The second-order valence-corrected chi connectivity index (χ2v) is 6.72. The molecule has 0 aliphatic heterocycles. The molecule has 1 aromatic heterocycles. The standard InChI is InChI=1S/C16H19BrN2O4S/c1-3-4-23-15-12(17)5-10(6-13(15)22-2)8-18-16-19-11(9-24-16)7-14(20)21/h5-6,9H,3-4,7-8H2,1-2H3,(H,18,19)(H,20,21)/p-1. The van der Waals surface area contributed by atoms with Gasteiger partial charge in [0, 0.05) is 24.3 Å². The van der Waals surface area contributed by atoms with E-state index in [4.69, 9.17) is 9.47 Å². The van der Waals surface area contributed by atoms with Gasteiger partial charge in [0.15, 0.2) is 16.6 Å². The lowest BCUT2D eigenvalue weighted by Crippen LogP contribution is -2.24. The van der Waals surface area contributed by atoms with Crippen LogP contribution < -0.4 is 19.9 Å². The minimum atomic E-state index is -1.14. The van der Waals surface area contributed by atoms with E-state index >= 15 is 0 Å². The zero-order chi connectivity index (χ0) is 17.5. The number of aliphatic carboxylic acids is 1. The molecule has 2 rings (SSSR count). The number of ether oxygens (including phenoxy) is 2. The first-order chi connectivity index (χ1) is 11.5. The van der Waals surface area contributed by atoms with Gasteiger partial charge in [-0.3, -0.25) is 0 Å². The van der Waals surface area contributed by atoms with Crippen molar-refractivity contribution in [3.63, 3.8) is 0 Å². The SMILES string of the molecule is CCCOc1c(Br)cc(CNc2nc(CC(=O)[O-])cs2)cc1OC. The number of nitrogens with zero attached hydrogens (tertiary/aromatic N) is 1. The van der Waals surface area contributed by atoms with E-state index in [0.29, 0.717) is 35.5 Å². The maximum absolute atomic E-state index is 10.6. The molecule has 0 aliphatic rings. The highest BCUT2D eigenvalue weighted by Gasteiger charge is 2.12. The van der Waals surface area contributed by atoms with Gasteiger partial charge in [0.05, 0.1) is 23.9 Å². The van der Waals surface area contributed by atoms with E-state index in [-0.39, 0.29) is 6.42 Å². The summed E-state index contributed by atoms with van der Waals surface area (Å²) in [7, 11) is 1.60. The normalized spacial score (nSPS) is 10.5. The van der Waals surface area contributed by atoms with Crippen molar-refractivity contribution in [2.75, 3.05) is 19.0 Å². The Bertz CT molecular complexity index is 705. The summed E-state index contributed by atoms with van der Waals surface area (Å²) in [4.78, 5) is 14.8. The number of rotatable bonds is 9. The van der Waals surface area contributed by atoms with Crippen LogP contribution >= 0.6 is 27.3 Å². The van der Waals surface area contributed by atoms with Crippen molar-refractivity contribution >= 4 is 38.4 Å². The number of carbonyl (C=O) groups excluding carboxylic acids is 1. The lowest BCUT2D eigenvalue weighted by molar-refractivity contribution is -0.304. The number of carboxylic acid groups (broad SMARTS) is 1. The third-order valence-electron chi connectivity index (χ3n) is 3.06. The van der Waals surface area contributed by atoms with Crippen LogP contribution in [0.4, 0.5) is 5.13 Å². The molecule has 6 nitrogen and oxygen atoms in total. The van der Waals surface area contributed by atoms with Crippen LogP contribution in [-0.4, -0.2) is 24.7 Å². The van der Waals surface area contributed by atoms with Crippen LogP contribution in [0.3, 0.4) is 0 Å². The number of nitrogens with one attached hydrogen (secondary N) is 1. The predicted octanol–water partition coefficient (Wildman–Crippen LogP) is 2.61. The zero-order valence-corrected chi connectivity index (χ0v) is 15.8. The lowest BCUT2D eigenvalue weighted by atomic mass is 10.2. The monoisotopic (exact) mass is 413 g/mol.